The summed E-state index contributed by atoms with van der Waals surface area (Å²) in [6.07, 6.45) is -0.401. The first-order valence-corrected chi connectivity index (χ1v) is 6.83. The van der Waals surface area contributed by atoms with Gasteiger partial charge in [0.05, 0.1) is 6.54 Å². The van der Waals surface area contributed by atoms with E-state index < -0.39 is 6.09 Å². The van der Waals surface area contributed by atoms with Crippen LogP contribution in [0.3, 0.4) is 0 Å². The molecule has 0 N–H and O–H groups in total. The van der Waals surface area contributed by atoms with Crippen LogP contribution in [-0.2, 0) is 16.1 Å². The van der Waals surface area contributed by atoms with Crippen LogP contribution in [0.5, 0.6) is 0 Å². The predicted molar refractivity (Wildman–Crippen MR) is 75.0 cm³/mol. The Morgan fingerprint density at radius 2 is 2.05 bits per heavy atom. The second-order valence-electron chi connectivity index (χ2n) is 5.14. The SMILES string of the molecule is CC(C)N(Cc1ccccc1)C(=O)CN1CCOC1=O. The van der Waals surface area contributed by atoms with Crippen molar-refractivity contribution >= 4 is 12.0 Å². The lowest BCUT2D eigenvalue weighted by molar-refractivity contribution is -0.134. The molecular weight excluding hydrogens is 256 g/mol. The van der Waals surface area contributed by atoms with Crippen LogP contribution in [-0.4, -0.2) is 47.5 Å². The number of benzene rings is 1. The van der Waals surface area contributed by atoms with E-state index in [2.05, 4.69) is 0 Å². The number of carbonyl (C=O) groups is 2. The van der Waals surface area contributed by atoms with Crippen LogP contribution in [0.25, 0.3) is 0 Å². The first-order chi connectivity index (χ1) is 9.58. The molecule has 108 valence electrons. The summed E-state index contributed by atoms with van der Waals surface area (Å²) < 4.78 is 4.84. The molecule has 0 spiro atoms. The van der Waals surface area contributed by atoms with Gasteiger partial charge in [-0.05, 0) is 19.4 Å². The van der Waals surface area contributed by atoms with Gasteiger partial charge in [0, 0.05) is 12.6 Å². The van der Waals surface area contributed by atoms with Gasteiger partial charge in [-0.25, -0.2) is 4.79 Å². The maximum Gasteiger partial charge on any atom is 0.410 e. The van der Waals surface area contributed by atoms with Crippen LogP contribution in [0.2, 0.25) is 0 Å². The number of amides is 2. The van der Waals surface area contributed by atoms with Gasteiger partial charge in [-0.2, -0.15) is 0 Å². The summed E-state index contributed by atoms with van der Waals surface area (Å²) in [6, 6.07) is 9.93. The fraction of sp³-hybridized carbons (Fsp3) is 0.467. The molecule has 0 atom stereocenters. The molecule has 1 aliphatic rings. The van der Waals surface area contributed by atoms with Gasteiger partial charge in [-0.15, -0.1) is 0 Å². The van der Waals surface area contributed by atoms with Crippen LogP contribution in [0.4, 0.5) is 4.79 Å². The lowest BCUT2D eigenvalue weighted by atomic mass is 10.2. The van der Waals surface area contributed by atoms with Crippen molar-refractivity contribution in [3.8, 4) is 0 Å². The Morgan fingerprint density at radius 1 is 1.35 bits per heavy atom. The maximum atomic E-state index is 12.4. The molecule has 0 aromatic heterocycles. The van der Waals surface area contributed by atoms with Crippen molar-refractivity contribution in [3.63, 3.8) is 0 Å². The Morgan fingerprint density at radius 3 is 2.60 bits per heavy atom. The zero-order valence-corrected chi connectivity index (χ0v) is 11.9. The van der Waals surface area contributed by atoms with E-state index in [4.69, 9.17) is 4.74 Å². The largest absolute Gasteiger partial charge is 0.448 e. The predicted octanol–water partition coefficient (Wildman–Crippen LogP) is 1.88. The van der Waals surface area contributed by atoms with Crippen LogP contribution in [0.1, 0.15) is 19.4 Å². The fourth-order valence-corrected chi connectivity index (χ4v) is 2.16. The van der Waals surface area contributed by atoms with Gasteiger partial charge >= 0.3 is 6.09 Å². The number of cyclic esters (lactones) is 1. The Labute approximate surface area is 119 Å². The molecule has 1 aromatic rings. The zero-order chi connectivity index (χ0) is 14.5. The van der Waals surface area contributed by atoms with Gasteiger partial charge < -0.3 is 9.64 Å². The molecule has 0 aliphatic carbocycles. The summed E-state index contributed by atoms with van der Waals surface area (Å²) in [6.45, 7) is 5.45. The number of nitrogens with zero attached hydrogens (tertiary/aromatic N) is 2. The second kappa shape index (κ2) is 6.41. The van der Waals surface area contributed by atoms with E-state index in [1.165, 1.54) is 4.90 Å². The summed E-state index contributed by atoms with van der Waals surface area (Å²) >= 11 is 0. The lowest BCUT2D eigenvalue weighted by Crippen LogP contribution is -2.43. The molecule has 0 bridgehead atoms. The molecule has 0 radical (unpaired) electrons. The van der Waals surface area contributed by atoms with Crippen LogP contribution in [0.15, 0.2) is 30.3 Å². The number of carbonyl (C=O) groups excluding carboxylic acids is 2. The number of hydrogen-bond acceptors (Lipinski definition) is 3. The summed E-state index contributed by atoms with van der Waals surface area (Å²) in [5.41, 5.74) is 1.08. The summed E-state index contributed by atoms with van der Waals surface area (Å²) in [7, 11) is 0. The normalized spacial score (nSPS) is 14.6. The van der Waals surface area contributed by atoms with Gasteiger partial charge in [-0.3, -0.25) is 9.69 Å². The first kappa shape index (κ1) is 14.4. The molecule has 0 saturated carbocycles. The van der Waals surface area contributed by atoms with Crippen molar-refractivity contribution in [2.45, 2.75) is 26.4 Å². The smallest absolute Gasteiger partial charge is 0.410 e. The van der Waals surface area contributed by atoms with Crippen LogP contribution >= 0.6 is 0 Å². The number of hydrogen-bond donors (Lipinski definition) is 0. The highest BCUT2D eigenvalue weighted by Crippen LogP contribution is 2.11. The van der Waals surface area contributed by atoms with Gasteiger partial charge in [0.15, 0.2) is 0 Å². The Bertz CT molecular complexity index is 473. The molecular formula is C15H20N2O3. The highest BCUT2D eigenvalue weighted by Gasteiger charge is 2.27. The Kier molecular flexibility index (Phi) is 4.61. The average molecular weight is 276 g/mol. The number of rotatable bonds is 5. The average Bonchev–Trinajstić information content (AvgIpc) is 2.82. The van der Waals surface area contributed by atoms with E-state index in [-0.39, 0.29) is 18.5 Å². The van der Waals surface area contributed by atoms with Gasteiger partial charge in [0.25, 0.3) is 0 Å². The van der Waals surface area contributed by atoms with E-state index in [1.807, 2.05) is 44.2 Å². The molecule has 1 aromatic carbocycles. The monoisotopic (exact) mass is 276 g/mol. The van der Waals surface area contributed by atoms with E-state index in [0.717, 1.165) is 5.56 Å². The standard InChI is InChI=1S/C15H20N2O3/c1-12(2)17(10-13-6-4-3-5-7-13)14(18)11-16-8-9-20-15(16)19/h3-7,12H,8-11H2,1-2H3. The molecule has 1 heterocycles. The third kappa shape index (κ3) is 3.50. The van der Waals surface area contributed by atoms with E-state index >= 15 is 0 Å². The molecule has 1 fully saturated rings. The van der Waals surface area contributed by atoms with E-state index in [0.29, 0.717) is 19.7 Å². The highest BCUT2D eigenvalue weighted by atomic mass is 16.6. The van der Waals surface area contributed by atoms with Crippen molar-refractivity contribution in [2.24, 2.45) is 0 Å². The minimum Gasteiger partial charge on any atom is -0.448 e. The fourth-order valence-electron chi connectivity index (χ4n) is 2.16. The molecule has 5 heteroatoms. The Hall–Kier alpha value is -2.04. The lowest BCUT2D eigenvalue weighted by Gasteiger charge is -2.28. The highest BCUT2D eigenvalue weighted by molar-refractivity contribution is 5.83. The minimum atomic E-state index is -0.401. The molecule has 5 nitrogen and oxygen atoms in total. The van der Waals surface area contributed by atoms with Gasteiger partial charge in [0.2, 0.25) is 5.91 Å². The molecule has 0 unspecified atom stereocenters. The van der Waals surface area contributed by atoms with Crippen LogP contribution < -0.4 is 0 Å². The summed E-state index contributed by atoms with van der Waals surface area (Å²) in [5.74, 6) is -0.0531. The third-order valence-corrected chi connectivity index (χ3v) is 3.31. The van der Waals surface area contributed by atoms with E-state index in [1.54, 1.807) is 4.90 Å². The molecule has 1 aliphatic heterocycles. The summed E-state index contributed by atoms with van der Waals surface area (Å²) in [4.78, 5) is 27.0. The third-order valence-electron chi connectivity index (χ3n) is 3.31. The zero-order valence-electron chi connectivity index (χ0n) is 11.9. The summed E-state index contributed by atoms with van der Waals surface area (Å²) in [5, 5.41) is 0. The molecule has 2 amide bonds. The maximum absolute atomic E-state index is 12.4. The van der Waals surface area contributed by atoms with Crippen molar-refractivity contribution in [1.82, 2.24) is 9.80 Å². The topological polar surface area (TPSA) is 49.9 Å². The number of ether oxygens (including phenoxy) is 1. The van der Waals surface area contributed by atoms with Crippen molar-refractivity contribution < 1.29 is 14.3 Å². The van der Waals surface area contributed by atoms with Gasteiger partial charge in [0.1, 0.15) is 13.2 Å². The van der Waals surface area contributed by atoms with Crippen molar-refractivity contribution in [1.29, 1.82) is 0 Å². The van der Waals surface area contributed by atoms with E-state index in [9.17, 15) is 9.59 Å². The first-order valence-electron chi connectivity index (χ1n) is 6.83. The molecule has 2 rings (SSSR count). The second-order valence-corrected chi connectivity index (χ2v) is 5.14. The van der Waals surface area contributed by atoms with Crippen molar-refractivity contribution in [3.05, 3.63) is 35.9 Å². The molecule has 20 heavy (non-hydrogen) atoms. The van der Waals surface area contributed by atoms with Crippen LogP contribution in [0, 0.1) is 0 Å². The minimum absolute atomic E-state index is 0.0531. The van der Waals surface area contributed by atoms with Gasteiger partial charge in [-0.1, -0.05) is 30.3 Å². The van der Waals surface area contributed by atoms with Crippen molar-refractivity contribution in [2.75, 3.05) is 19.7 Å². The molecule has 1 saturated heterocycles. The Balaban J connectivity index is 2.00. The quantitative estimate of drug-likeness (QED) is 0.825.